The molecule has 2 atom stereocenters. The molecule has 2 heterocycles. The standard InChI is InChI=1S/C18H28N2O/c1-4-11-19-17-14-8-5-6-9-16(14)21-13-15(17)20-12-7-10-18(20,2)3/h5-6,8-9,15,17,19H,4,7,10-13H2,1-3H3. The van der Waals surface area contributed by atoms with Gasteiger partial charge in [-0.15, -0.1) is 0 Å². The van der Waals surface area contributed by atoms with Gasteiger partial charge in [0.15, 0.2) is 0 Å². The highest BCUT2D eigenvalue weighted by Gasteiger charge is 2.42. The highest BCUT2D eigenvalue weighted by molar-refractivity contribution is 5.39. The Bertz CT molecular complexity index is 486. The van der Waals surface area contributed by atoms with Crippen LogP contribution in [0, 0.1) is 0 Å². The van der Waals surface area contributed by atoms with Crippen molar-refractivity contribution in [2.75, 3.05) is 19.7 Å². The number of likely N-dealkylation sites (tertiary alicyclic amines) is 1. The van der Waals surface area contributed by atoms with Gasteiger partial charge in [0.1, 0.15) is 12.4 Å². The summed E-state index contributed by atoms with van der Waals surface area (Å²) in [5.41, 5.74) is 1.61. The summed E-state index contributed by atoms with van der Waals surface area (Å²) >= 11 is 0. The molecule has 1 aromatic carbocycles. The fourth-order valence-corrected chi connectivity index (χ4v) is 3.91. The molecular formula is C18H28N2O. The first-order valence-electron chi connectivity index (χ1n) is 8.35. The van der Waals surface area contributed by atoms with Gasteiger partial charge in [-0.2, -0.15) is 0 Å². The number of ether oxygens (including phenoxy) is 1. The predicted molar refractivity (Wildman–Crippen MR) is 86.8 cm³/mol. The van der Waals surface area contributed by atoms with Crippen LogP contribution in [0.5, 0.6) is 5.75 Å². The third kappa shape index (κ3) is 2.82. The Morgan fingerprint density at radius 3 is 2.86 bits per heavy atom. The molecule has 0 bridgehead atoms. The van der Waals surface area contributed by atoms with Gasteiger partial charge in [0.05, 0.1) is 12.1 Å². The quantitative estimate of drug-likeness (QED) is 0.919. The lowest BCUT2D eigenvalue weighted by atomic mass is 9.92. The topological polar surface area (TPSA) is 24.5 Å². The summed E-state index contributed by atoms with van der Waals surface area (Å²) in [6.07, 6.45) is 3.74. The van der Waals surface area contributed by atoms with Crippen LogP contribution < -0.4 is 10.1 Å². The van der Waals surface area contributed by atoms with Crippen LogP contribution in [0.3, 0.4) is 0 Å². The number of hydrogen-bond donors (Lipinski definition) is 1. The van der Waals surface area contributed by atoms with Crippen molar-refractivity contribution in [1.29, 1.82) is 0 Å². The first-order valence-corrected chi connectivity index (χ1v) is 8.35. The second kappa shape index (κ2) is 5.98. The van der Waals surface area contributed by atoms with Crippen molar-refractivity contribution in [3.63, 3.8) is 0 Å². The predicted octanol–water partition coefficient (Wildman–Crippen LogP) is 3.36. The molecule has 116 valence electrons. The van der Waals surface area contributed by atoms with Gasteiger partial charge in [0.2, 0.25) is 0 Å². The summed E-state index contributed by atoms with van der Waals surface area (Å²) in [7, 11) is 0. The number of nitrogens with zero attached hydrogens (tertiary/aromatic N) is 1. The Morgan fingerprint density at radius 1 is 1.33 bits per heavy atom. The number of para-hydroxylation sites is 1. The maximum absolute atomic E-state index is 6.07. The molecule has 0 amide bonds. The molecule has 2 unspecified atom stereocenters. The van der Waals surface area contributed by atoms with Gasteiger partial charge in [-0.05, 0) is 52.3 Å². The summed E-state index contributed by atoms with van der Waals surface area (Å²) < 4.78 is 6.07. The van der Waals surface area contributed by atoms with Crippen molar-refractivity contribution in [3.05, 3.63) is 29.8 Å². The van der Waals surface area contributed by atoms with Crippen LogP contribution in [0.1, 0.15) is 51.6 Å². The molecule has 3 heteroatoms. The molecule has 1 saturated heterocycles. The van der Waals surface area contributed by atoms with Crippen LogP contribution in [-0.4, -0.2) is 36.2 Å². The lowest BCUT2D eigenvalue weighted by Gasteiger charge is -2.45. The van der Waals surface area contributed by atoms with Crippen LogP contribution in [0.4, 0.5) is 0 Å². The van der Waals surface area contributed by atoms with E-state index in [9.17, 15) is 0 Å². The largest absolute Gasteiger partial charge is 0.492 e. The fraction of sp³-hybridized carbons (Fsp3) is 0.667. The molecular weight excluding hydrogens is 260 g/mol. The smallest absolute Gasteiger partial charge is 0.124 e. The number of rotatable bonds is 4. The van der Waals surface area contributed by atoms with Crippen LogP contribution in [-0.2, 0) is 0 Å². The van der Waals surface area contributed by atoms with Crippen molar-refractivity contribution in [2.45, 2.75) is 57.7 Å². The summed E-state index contributed by atoms with van der Waals surface area (Å²) in [5.74, 6) is 1.05. The lowest BCUT2D eigenvalue weighted by Crippen LogP contribution is -2.55. The minimum atomic E-state index is 0.284. The molecule has 0 aromatic heterocycles. The van der Waals surface area contributed by atoms with E-state index < -0.39 is 0 Å². The monoisotopic (exact) mass is 288 g/mol. The Morgan fingerprint density at radius 2 is 2.14 bits per heavy atom. The van der Waals surface area contributed by atoms with Crippen molar-refractivity contribution < 1.29 is 4.74 Å². The normalized spacial score (nSPS) is 28.1. The van der Waals surface area contributed by atoms with E-state index in [1.807, 2.05) is 0 Å². The van der Waals surface area contributed by atoms with Crippen molar-refractivity contribution in [1.82, 2.24) is 10.2 Å². The van der Waals surface area contributed by atoms with Gasteiger partial charge >= 0.3 is 0 Å². The Hall–Kier alpha value is -1.06. The third-order valence-electron chi connectivity index (χ3n) is 5.03. The van der Waals surface area contributed by atoms with Crippen LogP contribution in [0.2, 0.25) is 0 Å². The van der Waals surface area contributed by atoms with E-state index in [-0.39, 0.29) is 5.54 Å². The van der Waals surface area contributed by atoms with E-state index in [0.29, 0.717) is 12.1 Å². The van der Waals surface area contributed by atoms with E-state index in [2.05, 4.69) is 55.3 Å². The molecule has 2 aliphatic rings. The molecule has 0 radical (unpaired) electrons. The number of nitrogens with one attached hydrogen (secondary N) is 1. The van der Waals surface area contributed by atoms with Gasteiger partial charge in [-0.1, -0.05) is 25.1 Å². The maximum Gasteiger partial charge on any atom is 0.124 e. The summed E-state index contributed by atoms with van der Waals surface area (Å²) in [6, 6.07) is 9.33. The van der Waals surface area contributed by atoms with E-state index in [1.165, 1.54) is 24.9 Å². The summed E-state index contributed by atoms with van der Waals surface area (Å²) in [6.45, 7) is 10.0. The SMILES string of the molecule is CCCNC1c2ccccc2OCC1N1CCCC1(C)C. The lowest BCUT2D eigenvalue weighted by molar-refractivity contribution is 0.0419. The average molecular weight is 288 g/mol. The average Bonchev–Trinajstić information content (AvgIpc) is 2.84. The van der Waals surface area contributed by atoms with Gasteiger partial charge in [-0.25, -0.2) is 0 Å². The Labute approximate surface area is 128 Å². The zero-order valence-corrected chi connectivity index (χ0v) is 13.6. The van der Waals surface area contributed by atoms with Crippen LogP contribution in [0.15, 0.2) is 24.3 Å². The summed E-state index contributed by atoms with van der Waals surface area (Å²) in [4.78, 5) is 2.66. The first-order chi connectivity index (χ1) is 10.1. The zero-order chi connectivity index (χ0) is 14.9. The molecule has 1 aromatic rings. The van der Waals surface area contributed by atoms with E-state index >= 15 is 0 Å². The Kier molecular flexibility index (Phi) is 4.23. The van der Waals surface area contributed by atoms with E-state index in [0.717, 1.165) is 25.3 Å². The first kappa shape index (κ1) is 14.9. The van der Waals surface area contributed by atoms with Gasteiger partial charge in [0, 0.05) is 11.1 Å². The molecule has 0 spiro atoms. The van der Waals surface area contributed by atoms with E-state index in [1.54, 1.807) is 0 Å². The van der Waals surface area contributed by atoms with Crippen LogP contribution in [0.25, 0.3) is 0 Å². The van der Waals surface area contributed by atoms with Gasteiger partial charge < -0.3 is 10.1 Å². The molecule has 1 fully saturated rings. The zero-order valence-electron chi connectivity index (χ0n) is 13.6. The van der Waals surface area contributed by atoms with Gasteiger partial charge in [-0.3, -0.25) is 4.90 Å². The fourth-order valence-electron chi connectivity index (χ4n) is 3.91. The highest BCUT2D eigenvalue weighted by atomic mass is 16.5. The minimum Gasteiger partial charge on any atom is -0.492 e. The maximum atomic E-state index is 6.07. The van der Waals surface area contributed by atoms with Crippen molar-refractivity contribution >= 4 is 0 Å². The molecule has 2 aliphatic heterocycles. The molecule has 1 N–H and O–H groups in total. The number of hydrogen-bond acceptors (Lipinski definition) is 3. The van der Waals surface area contributed by atoms with Gasteiger partial charge in [0.25, 0.3) is 0 Å². The summed E-state index contributed by atoms with van der Waals surface area (Å²) in [5, 5.41) is 3.77. The molecule has 21 heavy (non-hydrogen) atoms. The Balaban J connectivity index is 1.89. The molecule has 0 aliphatic carbocycles. The van der Waals surface area contributed by atoms with Crippen molar-refractivity contribution in [2.24, 2.45) is 0 Å². The molecule has 3 rings (SSSR count). The third-order valence-corrected chi connectivity index (χ3v) is 5.03. The van der Waals surface area contributed by atoms with Crippen LogP contribution >= 0.6 is 0 Å². The van der Waals surface area contributed by atoms with Crippen molar-refractivity contribution in [3.8, 4) is 5.75 Å². The second-order valence-electron chi connectivity index (χ2n) is 6.96. The highest BCUT2D eigenvalue weighted by Crippen LogP contribution is 2.39. The minimum absolute atomic E-state index is 0.284. The molecule has 3 nitrogen and oxygen atoms in total. The number of benzene rings is 1. The molecule has 0 saturated carbocycles. The van der Waals surface area contributed by atoms with E-state index in [4.69, 9.17) is 4.74 Å². The second-order valence-corrected chi connectivity index (χ2v) is 6.96. The number of fused-ring (bicyclic) bond motifs is 1.